The number of methoxy groups -OCH3 is 1. The average molecular weight is 313 g/mol. The number of nitrogens with zero attached hydrogens (tertiary/aromatic N) is 2. The number of likely N-dealkylation sites (N-methyl/N-ethyl adjacent to an activating group) is 1. The maximum atomic E-state index is 12.3. The van der Waals surface area contributed by atoms with Crippen molar-refractivity contribution in [2.24, 2.45) is 0 Å². The first-order valence-electron chi connectivity index (χ1n) is 5.93. The van der Waals surface area contributed by atoms with Gasteiger partial charge in [-0.3, -0.25) is 4.79 Å². The number of halogens is 1. The summed E-state index contributed by atoms with van der Waals surface area (Å²) in [6.07, 6.45) is 0. The lowest BCUT2D eigenvalue weighted by Gasteiger charge is -2.32. The lowest BCUT2D eigenvalue weighted by atomic mass is 10.1. The van der Waals surface area contributed by atoms with Gasteiger partial charge in [0, 0.05) is 31.7 Å². The molecule has 0 aromatic heterocycles. The zero-order valence-electron chi connectivity index (χ0n) is 10.6. The standard InChI is InChI=1S/C13H17BrN2O2/c1-15-5-7-16(8-6-15)13(17)10-3-4-12(18-2)11(14)9-10/h3-4,9H,5-8H2,1-2H3. The van der Waals surface area contributed by atoms with Gasteiger partial charge in [-0.2, -0.15) is 0 Å². The van der Waals surface area contributed by atoms with E-state index in [1.807, 2.05) is 23.1 Å². The molecular weight excluding hydrogens is 296 g/mol. The summed E-state index contributed by atoms with van der Waals surface area (Å²) in [5.74, 6) is 0.830. The lowest BCUT2D eigenvalue weighted by Crippen LogP contribution is -2.47. The van der Waals surface area contributed by atoms with Crippen LogP contribution in [0, 0.1) is 0 Å². The van der Waals surface area contributed by atoms with Crippen LogP contribution in [0.25, 0.3) is 0 Å². The molecule has 1 fully saturated rings. The summed E-state index contributed by atoms with van der Waals surface area (Å²) in [5.41, 5.74) is 0.701. The van der Waals surface area contributed by atoms with Gasteiger partial charge < -0.3 is 14.5 Å². The second-order valence-electron chi connectivity index (χ2n) is 4.44. The first-order chi connectivity index (χ1) is 8.61. The monoisotopic (exact) mass is 312 g/mol. The molecule has 5 heteroatoms. The van der Waals surface area contributed by atoms with Crippen LogP contribution in [0.1, 0.15) is 10.4 Å². The number of carbonyl (C=O) groups is 1. The van der Waals surface area contributed by atoms with Crippen LogP contribution < -0.4 is 4.74 Å². The summed E-state index contributed by atoms with van der Waals surface area (Å²) in [5, 5.41) is 0. The topological polar surface area (TPSA) is 32.8 Å². The summed E-state index contributed by atoms with van der Waals surface area (Å²) in [4.78, 5) is 16.4. The van der Waals surface area contributed by atoms with Crippen molar-refractivity contribution in [1.82, 2.24) is 9.80 Å². The molecule has 1 amide bonds. The first-order valence-corrected chi connectivity index (χ1v) is 6.72. The van der Waals surface area contributed by atoms with E-state index in [1.54, 1.807) is 7.11 Å². The maximum Gasteiger partial charge on any atom is 0.253 e. The van der Waals surface area contributed by atoms with Gasteiger partial charge in [0.25, 0.3) is 5.91 Å². The molecule has 1 heterocycles. The van der Waals surface area contributed by atoms with Crippen molar-refractivity contribution in [1.29, 1.82) is 0 Å². The number of hydrogen-bond acceptors (Lipinski definition) is 3. The van der Waals surface area contributed by atoms with Crippen molar-refractivity contribution in [3.05, 3.63) is 28.2 Å². The van der Waals surface area contributed by atoms with Crippen LogP contribution in [0.3, 0.4) is 0 Å². The summed E-state index contributed by atoms with van der Waals surface area (Å²) >= 11 is 3.41. The number of ether oxygens (including phenoxy) is 1. The quantitative estimate of drug-likeness (QED) is 0.835. The molecule has 18 heavy (non-hydrogen) atoms. The van der Waals surface area contributed by atoms with Crippen molar-refractivity contribution >= 4 is 21.8 Å². The minimum absolute atomic E-state index is 0.0893. The Hall–Kier alpha value is -1.07. The van der Waals surface area contributed by atoms with Crippen LogP contribution in [0.15, 0.2) is 22.7 Å². The van der Waals surface area contributed by atoms with Gasteiger partial charge in [0.1, 0.15) is 5.75 Å². The van der Waals surface area contributed by atoms with Crippen LogP contribution in [0.2, 0.25) is 0 Å². The van der Waals surface area contributed by atoms with Crippen molar-refractivity contribution in [3.63, 3.8) is 0 Å². The van der Waals surface area contributed by atoms with Crippen LogP contribution >= 0.6 is 15.9 Å². The molecule has 0 N–H and O–H groups in total. The van der Waals surface area contributed by atoms with E-state index in [0.29, 0.717) is 5.56 Å². The van der Waals surface area contributed by atoms with E-state index in [1.165, 1.54) is 0 Å². The fraction of sp³-hybridized carbons (Fsp3) is 0.462. The highest BCUT2D eigenvalue weighted by Gasteiger charge is 2.20. The molecule has 1 aliphatic rings. The summed E-state index contributed by atoms with van der Waals surface area (Å²) in [6, 6.07) is 5.44. The van der Waals surface area contributed by atoms with E-state index in [2.05, 4.69) is 27.9 Å². The Morgan fingerprint density at radius 2 is 1.94 bits per heavy atom. The van der Waals surface area contributed by atoms with E-state index < -0.39 is 0 Å². The van der Waals surface area contributed by atoms with Gasteiger partial charge in [0.15, 0.2) is 0 Å². The molecule has 0 saturated carbocycles. The molecule has 1 aliphatic heterocycles. The Morgan fingerprint density at radius 3 is 2.50 bits per heavy atom. The second-order valence-corrected chi connectivity index (χ2v) is 5.30. The Balaban J connectivity index is 2.11. The number of carbonyl (C=O) groups excluding carboxylic acids is 1. The maximum absolute atomic E-state index is 12.3. The fourth-order valence-electron chi connectivity index (χ4n) is 1.99. The third-order valence-corrected chi connectivity index (χ3v) is 3.81. The highest BCUT2D eigenvalue weighted by molar-refractivity contribution is 9.10. The van der Waals surface area contributed by atoms with Gasteiger partial charge in [0.05, 0.1) is 11.6 Å². The number of benzene rings is 1. The Bertz CT molecular complexity index is 443. The summed E-state index contributed by atoms with van der Waals surface area (Å²) in [6.45, 7) is 3.45. The molecule has 98 valence electrons. The van der Waals surface area contributed by atoms with E-state index in [4.69, 9.17) is 4.74 Å². The van der Waals surface area contributed by atoms with Crippen molar-refractivity contribution in [2.45, 2.75) is 0 Å². The number of hydrogen-bond donors (Lipinski definition) is 0. The fourth-order valence-corrected chi connectivity index (χ4v) is 2.53. The highest BCUT2D eigenvalue weighted by atomic mass is 79.9. The SMILES string of the molecule is COc1ccc(C(=O)N2CCN(C)CC2)cc1Br. The number of amides is 1. The van der Waals surface area contributed by atoms with Crippen LogP contribution in [0.5, 0.6) is 5.75 Å². The number of rotatable bonds is 2. The molecule has 0 atom stereocenters. The van der Waals surface area contributed by atoms with E-state index in [9.17, 15) is 4.79 Å². The lowest BCUT2D eigenvalue weighted by molar-refractivity contribution is 0.0664. The third-order valence-electron chi connectivity index (χ3n) is 3.19. The minimum atomic E-state index is 0.0893. The zero-order chi connectivity index (χ0) is 13.1. The molecule has 1 aromatic carbocycles. The van der Waals surface area contributed by atoms with Gasteiger partial charge in [-0.15, -0.1) is 0 Å². The van der Waals surface area contributed by atoms with Crippen LogP contribution in [-0.4, -0.2) is 56.0 Å². The number of piperazine rings is 1. The van der Waals surface area contributed by atoms with Gasteiger partial charge in [0.2, 0.25) is 0 Å². The Labute approximate surface area is 116 Å². The molecule has 0 aliphatic carbocycles. The zero-order valence-corrected chi connectivity index (χ0v) is 12.2. The van der Waals surface area contributed by atoms with Crippen LogP contribution in [0.4, 0.5) is 0 Å². The molecular formula is C13H17BrN2O2. The van der Waals surface area contributed by atoms with Gasteiger partial charge >= 0.3 is 0 Å². The molecule has 1 saturated heterocycles. The smallest absolute Gasteiger partial charge is 0.253 e. The van der Waals surface area contributed by atoms with Crippen molar-refractivity contribution < 1.29 is 9.53 Å². The molecule has 0 unspecified atom stereocenters. The summed E-state index contributed by atoms with van der Waals surface area (Å²) in [7, 11) is 3.69. The van der Waals surface area contributed by atoms with E-state index in [0.717, 1.165) is 36.4 Å². The highest BCUT2D eigenvalue weighted by Crippen LogP contribution is 2.26. The third kappa shape index (κ3) is 2.84. The normalized spacial score (nSPS) is 16.7. The molecule has 4 nitrogen and oxygen atoms in total. The Morgan fingerprint density at radius 1 is 1.28 bits per heavy atom. The van der Waals surface area contributed by atoms with E-state index in [-0.39, 0.29) is 5.91 Å². The minimum Gasteiger partial charge on any atom is -0.496 e. The molecule has 1 aromatic rings. The van der Waals surface area contributed by atoms with Gasteiger partial charge in [-0.25, -0.2) is 0 Å². The van der Waals surface area contributed by atoms with Gasteiger partial charge in [-0.05, 0) is 41.2 Å². The molecule has 0 bridgehead atoms. The molecule has 2 rings (SSSR count). The van der Waals surface area contributed by atoms with Gasteiger partial charge in [-0.1, -0.05) is 0 Å². The van der Waals surface area contributed by atoms with Crippen molar-refractivity contribution in [3.8, 4) is 5.75 Å². The summed E-state index contributed by atoms with van der Waals surface area (Å²) < 4.78 is 5.97. The van der Waals surface area contributed by atoms with Crippen molar-refractivity contribution in [2.75, 3.05) is 40.3 Å². The Kier molecular flexibility index (Phi) is 4.24. The van der Waals surface area contributed by atoms with Crippen LogP contribution in [-0.2, 0) is 0 Å². The average Bonchev–Trinajstić information content (AvgIpc) is 2.38. The first kappa shape index (κ1) is 13.4. The predicted octanol–water partition coefficient (Wildman–Crippen LogP) is 1.85. The largest absolute Gasteiger partial charge is 0.496 e. The van der Waals surface area contributed by atoms with E-state index >= 15 is 0 Å². The molecule has 0 spiro atoms. The predicted molar refractivity (Wildman–Crippen MR) is 74.1 cm³/mol. The second kappa shape index (κ2) is 5.71. The molecule has 0 radical (unpaired) electrons.